The summed E-state index contributed by atoms with van der Waals surface area (Å²) < 4.78 is 0. The highest BCUT2D eigenvalue weighted by Gasteiger charge is 2.29. The smallest absolute Gasteiger partial charge is 0.270 e. The summed E-state index contributed by atoms with van der Waals surface area (Å²) in [6, 6.07) is 5.80. The molecule has 0 aromatic heterocycles. The molecule has 2 rings (SSSR count). The molecule has 0 unspecified atom stereocenters. The van der Waals surface area contributed by atoms with Crippen molar-refractivity contribution < 1.29 is 9.72 Å². The van der Waals surface area contributed by atoms with E-state index in [0.29, 0.717) is 12.1 Å². The Morgan fingerprint density at radius 1 is 1.30 bits per heavy atom. The minimum Gasteiger partial charge on any atom is -0.350 e. The van der Waals surface area contributed by atoms with Crippen LogP contribution in [0, 0.1) is 10.1 Å². The quantitative estimate of drug-likeness (QED) is 0.654. The molecule has 1 aliphatic rings. The second kappa shape index (κ2) is 7.06. The van der Waals surface area contributed by atoms with Gasteiger partial charge in [-0.2, -0.15) is 0 Å². The average molecular weight is 320 g/mol. The number of carbonyl (C=O) groups excluding carboxylic acids is 1. The van der Waals surface area contributed by atoms with Gasteiger partial charge in [-0.1, -0.05) is 6.07 Å². The normalized spacial score (nSPS) is 17.0. The SMILES string of the molecule is CN1CCN(C(C)(C)CNC(=O)c2cccc([N+](=O)[O-])c2)CC1. The summed E-state index contributed by atoms with van der Waals surface area (Å²) in [5, 5.41) is 13.7. The van der Waals surface area contributed by atoms with E-state index in [1.54, 1.807) is 6.07 Å². The van der Waals surface area contributed by atoms with Crippen LogP contribution in [0.15, 0.2) is 24.3 Å². The Morgan fingerprint density at radius 3 is 2.57 bits per heavy atom. The van der Waals surface area contributed by atoms with E-state index in [2.05, 4.69) is 36.0 Å². The fourth-order valence-corrected chi connectivity index (χ4v) is 2.68. The van der Waals surface area contributed by atoms with Crippen molar-refractivity contribution in [1.82, 2.24) is 15.1 Å². The number of nitro groups is 1. The third kappa shape index (κ3) is 4.49. The Labute approximate surface area is 136 Å². The standard InChI is InChI=1S/C16H24N4O3/c1-16(2,19-9-7-18(3)8-10-19)12-17-15(21)13-5-4-6-14(11-13)20(22)23/h4-6,11H,7-10,12H2,1-3H3,(H,17,21). The number of benzene rings is 1. The van der Waals surface area contributed by atoms with Gasteiger partial charge in [0.2, 0.25) is 0 Å². The molecule has 1 aromatic carbocycles. The fourth-order valence-electron chi connectivity index (χ4n) is 2.68. The van der Waals surface area contributed by atoms with Gasteiger partial charge in [0.05, 0.1) is 4.92 Å². The zero-order valence-electron chi connectivity index (χ0n) is 13.9. The van der Waals surface area contributed by atoms with Crippen LogP contribution in [0.5, 0.6) is 0 Å². The van der Waals surface area contributed by atoms with Crippen LogP contribution in [-0.2, 0) is 0 Å². The second-order valence-electron chi connectivity index (χ2n) is 6.59. The van der Waals surface area contributed by atoms with E-state index in [1.165, 1.54) is 18.2 Å². The first-order valence-corrected chi connectivity index (χ1v) is 7.76. The Bertz CT molecular complexity index is 580. The molecule has 0 radical (unpaired) electrons. The highest BCUT2D eigenvalue weighted by Crippen LogP contribution is 2.17. The zero-order valence-corrected chi connectivity index (χ0v) is 13.9. The number of likely N-dealkylation sites (N-methyl/N-ethyl adjacent to an activating group) is 1. The van der Waals surface area contributed by atoms with Gasteiger partial charge in [0, 0.05) is 56.0 Å². The van der Waals surface area contributed by atoms with E-state index in [9.17, 15) is 14.9 Å². The van der Waals surface area contributed by atoms with Gasteiger partial charge in [-0.05, 0) is 27.0 Å². The molecule has 7 heteroatoms. The predicted octanol–water partition coefficient (Wildman–Crippen LogP) is 1.35. The lowest BCUT2D eigenvalue weighted by Gasteiger charge is -2.43. The summed E-state index contributed by atoms with van der Waals surface area (Å²) in [5.41, 5.74) is 0.0850. The van der Waals surface area contributed by atoms with Gasteiger partial charge in [0.1, 0.15) is 0 Å². The van der Waals surface area contributed by atoms with Crippen molar-refractivity contribution in [3.63, 3.8) is 0 Å². The first kappa shape index (κ1) is 17.4. The Morgan fingerprint density at radius 2 is 1.96 bits per heavy atom. The number of nitrogens with one attached hydrogen (secondary N) is 1. The van der Waals surface area contributed by atoms with E-state index in [4.69, 9.17) is 0 Å². The molecule has 126 valence electrons. The highest BCUT2D eigenvalue weighted by atomic mass is 16.6. The summed E-state index contributed by atoms with van der Waals surface area (Å²) >= 11 is 0. The summed E-state index contributed by atoms with van der Waals surface area (Å²) in [7, 11) is 2.11. The molecule has 0 bridgehead atoms. The Kier molecular flexibility index (Phi) is 5.33. The van der Waals surface area contributed by atoms with Crippen LogP contribution in [0.25, 0.3) is 0 Å². The van der Waals surface area contributed by atoms with Crippen molar-refractivity contribution in [2.45, 2.75) is 19.4 Å². The molecule has 7 nitrogen and oxygen atoms in total. The lowest BCUT2D eigenvalue weighted by atomic mass is 10.0. The minimum atomic E-state index is -0.495. The number of hydrogen-bond acceptors (Lipinski definition) is 5. The van der Waals surface area contributed by atoms with E-state index in [-0.39, 0.29) is 17.1 Å². The molecular weight excluding hydrogens is 296 g/mol. The van der Waals surface area contributed by atoms with Gasteiger partial charge in [-0.15, -0.1) is 0 Å². The molecule has 1 saturated heterocycles. The monoisotopic (exact) mass is 320 g/mol. The molecule has 1 N–H and O–H groups in total. The maximum Gasteiger partial charge on any atom is 0.270 e. The van der Waals surface area contributed by atoms with Gasteiger partial charge < -0.3 is 10.2 Å². The van der Waals surface area contributed by atoms with Crippen molar-refractivity contribution in [2.24, 2.45) is 0 Å². The van der Waals surface area contributed by atoms with Crippen LogP contribution >= 0.6 is 0 Å². The van der Waals surface area contributed by atoms with Crippen molar-refractivity contribution >= 4 is 11.6 Å². The topological polar surface area (TPSA) is 78.7 Å². The third-order valence-corrected chi connectivity index (χ3v) is 4.36. The van der Waals surface area contributed by atoms with Crippen LogP contribution in [0.2, 0.25) is 0 Å². The number of piperazine rings is 1. The van der Waals surface area contributed by atoms with Crippen molar-refractivity contribution in [3.8, 4) is 0 Å². The molecule has 0 spiro atoms. The third-order valence-electron chi connectivity index (χ3n) is 4.36. The van der Waals surface area contributed by atoms with Crippen LogP contribution in [0.4, 0.5) is 5.69 Å². The largest absolute Gasteiger partial charge is 0.350 e. The molecule has 1 fully saturated rings. The lowest BCUT2D eigenvalue weighted by Crippen LogP contribution is -2.57. The minimum absolute atomic E-state index is 0.0732. The number of rotatable bonds is 5. The first-order chi connectivity index (χ1) is 10.8. The Hall–Kier alpha value is -1.99. The van der Waals surface area contributed by atoms with Crippen LogP contribution in [0.1, 0.15) is 24.2 Å². The number of hydrogen-bond donors (Lipinski definition) is 1. The highest BCUT2D eigenvalue weighted by molar-refractivity contribution is 5.94. The molecule has 0 atom stereocenters. The summed E-state index contributed by atoms with van der Waals surface area (Å²) in [4.78, 5) is 27.2. The number of amides is 1. The van der Waals surface area contributed by atoms with E-state index in [0.717, 1.165) is 26.2 Å². The average Bonchev–Trinajstić information content (AvgIpc) is 2.53. The van der Waals surface area contributed by atoms with Gasteiger partial charge in [-0.3, -0.25) is 19.8 Å². The number of carbonyl (C=O) groups is 1. The van der Waals surface area contributed by atoms with E-state index >= 15 is 0 Å². The number of nitro benzene ring substituents is 1. The van der Waals surface area contributed by atoms with Gasteiger partial charge >= 0.3 is 0 Å². The molecule has 0 saturated carbocycles. The van der Waals surface area contributed by atoms with E-state index in [1.807, 2.05) is 0 Å². The maximum absolute atomic E-state index is 12.2. The van der Waals surface area contributed by atoms with Crippen molar-refractivity contribution in [1.29, 1.82) is 0 Å². The van der Waals surface area contributed by atoms with Crippen LogP contribution < -0.4 is 5.32 Å². The lowest BCUT2D eigenvalue weighted by molar-refractivity contribution is -0.384. The van der Waals surface area contributed by atoms with Gasteiger partial charge in [0.15, 0.2) is 0 Å². The van der Waals surface area contributed by atoms with Gasteiger partial charge in [-0.25, -0.2) is 0 Å². The molecule has 1 heterocycles. The molecule has 1 amide bonds. The van der Waals surface area contributed by atoms with Crippen molar-refractivity contribution in [2.75, 3.05) is 39.8 Å². The molecule has 1 aromatic rings. The number of nitrogens with zero attached hydrogens (tertiary/aromatic N) is 3. The Balaban J connectivity index is 1.95. The summed E-state index contributed by atoms with van der Waals surface area (Å²) in [6.45, 7) is 8.67. The zero-order chi connectivity index (χ0) is 17.0. The molecule has 23 heavy (non-hydrogen) atoms. The maximum atomic E-state index is 12.2. The van der Waals surface area contributed by atoms with Crippen molar-refractivity contribution in [3.05, 3.63) is 39.9 Å². The summed E-state index contributed by atoms with van der Waals surface area (Å²) in [6.07, 6.45) is 0. The number of non-ortho nitro benzene ring substituents is 1. The summed E-state index contributed by atoms with van der Waals surface area (Å²) in [5.74, 6) is -0.282. The first-order valence-electron chi connectivity index (χ1n) is 7.76. The predicted molar refractivity (Wildman–Crippen MR) is 88.6 cm³/mol. The molecule has 1 aliphatic heterocycles. The fraction of sp³-hybridized carbons (Fsp3) is 0.562. The van der Waals surface area contributed by atoms with Crippen LogP contribution in [-0.4, -0.2) is 65.9 Å². The van der Waals surface area contributed by atoms with Crippen LogP contribution in [0.3, 0.4) is 0 Å². The molecule has 0 aliphatic carbocycles. The van der Waals surface area contributed by atoms with E-state index < -0.39 is 4.92 Å². The molecular formula is C16H24N4O3. The van der Waals surface area contributed by atoms with Gasteiger partial charge in [0.25, 0.3) is 11.6 Å². The second-order valence-corrected chi connectivity index (χ2v) is 6.59.